The molecule has 100 valence electrons. The molecule has 0 amide bonds. The van der Waals surface area contributed by atoms with Gasteiger partial charge in [-0.05, 0) is 43.0 Å². The van der Waals surface area contributed by atoms with E-state index in [2.05, 4.69) is 48.3 Å². The Kier molecular flexibility index (Phi) is 5.21. The Balaban J connectivity index is 1.92. The molecule has 18 heavy (non-hydrogen) atoms. The number of benzene rings is 1. The molecule has 1 N–H and O–H groups in total. The van der Waals surface area contributed by atoms with E-state index in [0.29, 0.717) is 5.92 Å². The van der Waals surface area contributed by atoms with Crippen molar-refractivity contribution < 1.29 is 0 Å². The van der Waals surface area contributed by atoms with Crippen LogP contribution in [0, 0.1) is 0 Å². The van der Waals surface area contributed by atoms with Gasteiger partial charge in [0.1, 0.15) is 0 Å². The molecule has 2 rings (SSSR count). The summed E-state index contributed by atoms with van der Waals surface area (Å²) in [5.74, 6) is 0.682. The third kappa shape index (κ3) is 3.82. The summed E-state index contributed by atoms with van der Waals surface area (Å²) in [6, 6.07) is 9.22. The summed E-state index contributed by atoms with van der Waals surface area (Å²) in [4.78, 5) is 2.55. The van der Waals surface area contributed by atoms with E-state index >= 15 is 0 Å². The van der Waals surface area contributed by atoms with Gasteiger partial charge in [-0.2, -0.15) is 0 Å². The van der Waals surface area contributed by atoms with Gasteiger partial charge in [0.2, 0.25) is 0 Å². The summed E-state index contributed by atoms with van der Waals surface area (Å²) in [5.41, 5.74) is 2.92. The summed E-state index contributed by atoms with van der Waals surface area (Å²) in [6.45, 7) is 10.3. The fraction of sp³-hybridized carbons (Fsp3) is 0.625. The third-order valence-electron chi connectivity index (χ3n) is 4.00. The Bertz CT molecular complexity index is 337. The van der Waals surface area contributed by atoms with Crippen LogP contribution in [0.15, 0.2) is 24.3 Å². The van der Waals surface area contributed by atoms with Gasteiger partial charge in [-0.1, -0.05) is 38.1 Å². The minimum absolute atomic E-state index is 0.682. The van der Waals surface area contributed by atoms with Crippen molar-refractivity contribution in [2.24, 2.45) is 0 Å². The van der Waals surface area contributed by atoms with Crippen molar-refractivity contribution in [3.63, 3.8) is 0 Å². The average molecular weight is 246 g/mol. The summed E-state index contributed by atoms with van der Waals surface area (Å²) >= 11 is 0. The molecule has 1 aromatic rings. The van der Waals surface area contributed by atoms with Crippen LogP contribution in [0.25, 0.3) is 0 Å². The molecule has 1 atom stereocenters. The zero-order chi connectivity index (χ0) is 12.8. The van der Waals surface area contributed by atoms with Gasteiger partial charge in [0.25, 0.3) is 0 Å². The topological polar surface area (TPSA) is 15.3 Å². The van der Waals surface area contributed by atoms with Gasteiger partial charge in [-0.3, -0.25) is 4.90 Å². The number of hydrogen-bond acceptors (Lipinski definition) is 2. The van der Waals surface area contributed by atoms with Crippen LogP contribution in [0.5, 0.6) is 0 Å². The minimum Gasteiger partial charge on any atom is -0.315 e. The Morgan fingerprint density at radius 2 is 1.94 bits per heavy atom. The van der Waals surface area contributed by atoms with E-state index in [0.717, 1.165) is 13.1 Å². The van der Waals surface area contributed by atoms with E-state index in [1.54, 1.807) is 0 Å². The summed E-state index contributed by atoms with van der Waals surface area (Å²) in [6.07, 6.45) is 2.49. The Morgan fingerprint density at radius 3 is 2.67 bits per heavy atom. The molecule has 1 unspecified atom stereocenters. The van der Waals surface area contributed by atoms with Gasteiger partial charge in [-0.15, -0.1) is 0 Å². The molecule has 0 saturated carbocycles. The predicted octanol–water partition coefficient (Wildman–Crippen LogP) is 3.00. The lowest BCUT2D eigenvalue weighted by atomic mass is 9.97. The average Bonchev–Trinajstić information content (AvgIpc) is 2.67. The fourth-order valence-electron chi connectivity index (χ4n) is 2.51. The third-order valence-corrected chi connectivity index (χ3v) is 4.00. The van der Waals surface area contributed by atoms with Crippen LogP contribution >= 0.6 is 0 Å². The lowest BCUT2D eigenvalue weighted by Crippen LogP contribution is -2.27. The highest BCUT2D eigenvalue weighted by molar-refractivity contribution is 5.25. The molecular formula is C16H26N2. The molecule has 0 aromatic heterocycles. The quantitative estimate of drug-likeness (QED) is 0.878. The first kappa shape index (κ1) is 13.6. The summed E-state index contributed by atoms with van der Waals surface area (Å²) in [5, 5.41) is 3.45. The molecule has 2 heteroatoms. The van der Waals surface area contributed by atoms with Gasteiger partial charge in [0, 0.05) is 19.6 Å². The molecule has 1 saturated heterocycles. The van der Waals surface area contributed by atoms with E-state index in [9.17, 15) is 0 Å². The second-order valence-corrected chi connectivity index (χ2v) is 5.43. The van der Waals surface area contributed by atoms with Gasteiger partial charge in [0.05, 0.1) is 0 Å². The highest BCUT2D eigenvalue weighted by Crippen LogP contribution is 2.19. The van der Waals surface area contributed by atoms with E-state index < -0.39 is 0 Å². The van der Waals surface area contributed by atoms with E-state index in [-0.39, 0.29) is 0 Å². The SMILES string of the molecule is CCC(C)c1ccc(CN2CCCNCC2)cc1. The number of hydrogen-bond donors (Lipinski definition) is 1. The first-order valence-electron chi connectivity index (χ1n) is 7.31. The molecule has 1 aliphatic heterocycles. The van der Waals surface area contributed by atoms with Crippen LogP contribution in [0.1, 0.15) is 43.7 Å². The molecule has 0 bridgehead atoms. The maximum absolute atomic E-state index is 3.45. The van der Waals surface area contributed by atoms with Crippen LogP contribution in [-0.4, -0.2) is 31.1 Å². The molecule has 0 spiro atoms. The summed E-state index contributed by atoms with van der Waals surface area (Å²) < 4.78 is 0. The van der Waals surface area contributed by atoms with Crippen molar-refractivity contribution in [1.82, 2.24) is 10.2 Å². The van der Waals surface area contributed by atoms with Crippen LogP contribution in [-0.2, 0) is 6.54 Å². The monoisotopic (exact) mass is 246 g/mol. The van der Waals surface area contributed by atoms with Crippen molar-refractivity contribution in [2.75, 3.05) is 26.2 Å². The lowest BCUT2D eigenvalue weighted by Gasteiger charge is -2.19. The molecule has 2 nitrogen and oxygen atoms in total. The molecule has 0 aliphatic carbocycles. The van der Waals surface area contributed by atoms with Crippen LogP contribution in [0.2, 0.25) is 0 Å². The largest absolute Gasteiger partial charge is 0.315 e. The normalized spacial score (nSPS) is 19.4. The van der Waals surface area contributed by atoms with Crippen LogP contribution in [0.3, 0.4) is 0 Å². The second-order valence-electron chi connectivity index (χ2n) is 5.43. The van der Waals surface area contributed by atoms with E-state index in [1.807, 2.05) is 0 Å². The maximum Gasteiger partial charge on any atom is 0.0234 e. The van der Waals surface area contributed by atoms with Crippen molar-refractivity contribution in [2.45, 2.75) is 39.2 Å². The smallest absolute Gasteiger partial charge is 0.0234 e. The first-order chi connectivity index (χ1) is 8.79. The number of nitrogens with one attached hydrogen (secondary N) is 1. The van der Waals surface area contributed by atoms with Gasteiger partial charge < -0.3 is 5.32 Å². The molecule has 0 radical (unpaired) electrons. The van der Waals surface area contributed by atoms with Crippen molar-refractivity contribution in [3.8, 4) is 0 Å². The molecule has 1 fully saturated rings. The number of nitrogens with zero attached hydrogens (tertiary/aromatic N) is 1. The zero-order valence-corrected chi connectivity index (χ0v) is 11.8. The Morgan fingerprint density at radius 1 is 1.17 bits per heavy atom. The van der Waals surface area contributed by atoms with E-state index in [1.165, 1.54) is 43.6 Å². The molecule has 1 aromatic carbocycles. The van der Waals surface area contributed by atoms with Gasteiger partial charge in [-0.25, -0.2) is 0 Å². The van der Waals surface area contributed by atoms with E-state index in [4.69, 9.17) is 0 Å². The Labute approximate surface area is 111 Å². The Hall–Kier alpha value is -0.860. The maximum atomic E-state index is 3.45. The standard InChI is InChI=1S/C16H26N2/c1-3-14(2)16-7-5-15(6-8-16)13-18-11-4-9-17-10-12-18/h5-8,14,17H,3-4,9-13H2,1-2H3. The van der Waals surface area contributed by atoms with Crippen molar-refractivity contribution in [1.29, 1.82) is 0 Å². The molecule has 1 aliphatic rings. The van der Waals surface area contributed by atoms with Gasteiger partial charge >= 0.3 is 0 Å². The molecular weight excluding hydrogens is 220 g/mol. The zero-order valence-electron chi connectivity index (χ0n) is 11.8. The fourth-order valence-corrected chi connectivity index (χ4v) is 2.51. The molecule has 1 heterocycles. The highest BCUT2D eigenvalue weighted by atomic mass is 15.1. The van der Waals surface area contributed by atoms with Crippen LogP contribution < -0.4 is 5.32 Å². The number of rotatable bonds is 4. The van der Waals surface area contributed by atoms with Crippen LogP contribution in [0.4, 0.5) is 0 Å². The first-order valence-corrected chi connectivity index (χ1v) is 7.31. The minimum atomic E-state index is 0.682. The summed E-state index contributed by atoms with van der Waals surface area (Å²) in [7, 11) is 0. The predicted molar refractivity (Wildman–Crippen MR) is 77.9 cm³/mol. The highest BCUT2D eigenvalue weighted by Gasteiger charge is 2.09. The van der Waals surface area contributed by atoms with Gasteiger partial charge in [0.15, 0.2) is 0 Å². The lowest BCUT2D eigenvalue weighted by molar-refractivity contribution is 0.284. The second kappa shape index (κ2) is 6.91. The van der Waals surface area contributed by atoms with Crippen molar-refractivity contribution in [3.05, 3.63) is 35.4 Å². The van der Waals surface area contributed by atoms with Crippen molar-refractivity contribution >= 4 is 0 Å².